The number of hydrogen-bond donors (Lipinski definition) is 7. The van der Waals surface area contributed by atoms with E-state index in [9.17, 15) is 27.4 Å². The summed E-state index contributed by atoms with van der Waals surface area (Å²) in [5.74, 6) is 0.513. The van der Waals surface area contributed by atoms with Gasteiger partial charge in [0.2, 0.25) is 17.8 Å². The Morgan fingerprint density at radius 1 is 0.391 bits per heavy atom. The van der Waals surface area contributed by atoms with Crippen LogP contribution in [0.3, 0.4) is 0 Å². The quantitative estimate of drug-likeness (QED) is 0.0293. The Morgan fingerprint density at radius 2 is 0.696 bits per heavy atom. The number of likely N-dealkylation sites (N-methyl/N-ethyl adjacent to an activating group) is 2. The second-order valence-corrected chi connectivity index (χ2v) is 30.2. The van der Waals surface area contributed by atoms with E-state index >= 15 is 0 Å². The van der Waals surface area contributed by atoms with E-state index in [2.05, 4.69) is 115 Å². The number of rotatable bonds is 23. The monoisotopic (exact) mass is 1560 g/mol. The average Bonchev–Trinajstić information content (AvgIpc) is 0.838. The molecule has 3 fully saturated rings. The lowest BCUT2D eigenvalue weighted by Crippen LogP contribution is -3.15. The van der Waals surface area contributed by atoms with E-state index in [-0.39, 0.29) is 23.6 Å². The van der Waals surface area contributed by atoms with Crippen LogP contribution in [0.25, 0.3) is 33.8 Å². The fraction of sp³-hybridized carbons (Fsp3) is 0.241. The van der Waals surface area contributed by atoms with Gasteiger partial charge in [-0.25, -0.2) is 38.3 Å². The minimum Gasteiger partial charge on any atom is -0.744 e. The Hall–Kier alpha value is -12.5. The molecule has 0 radical (unpaired) electrons. The summed E-state index contributed by atoms with van der Waals surface area (Å²) in [5, 5.41) is 18.8. The number of quaternary nitrogens is 1. The first-order valence-electron chi connectivity index (χ1n) is 38.1. The highest BCUT2D eigenvalue weighted by molar-refractivity contribution is 7.85. The molecule has 0 unspecified atom stereocenters. The number of hydrogen-bond acceptors (Lipinski definition) is 23. The Morgan fingerprint density at radius 3 is 0.983 bits per heavy atom. The molecule has 588 valence electrons. The number of pyridine rings is 3. The molecule has 28 heteroatoms. The van der Waals surface area contributed by atoms with Crippen molar-refractivity contribution in [2.45, 2.75) is 40.4 Å². The highest BCUT2D eigenvalue weighted by Crippen LogP contribution is 2.30. The maximum Gasteiger partial charge on any atom is 0.255 e. The number of carbonyl (C=O) groups excluding carboxylic acids is 3. The largest absolute Gasteiger partial charge is 0.744 e. The third kappa shape index (κ3) is 23.8. The molecule has 3 aliphatic heterocycles. The number of benzene rings is 6. The summed E-state index contributed by atoms with van der Waals surface area (Å²) < 4.78 is 33.0. The van der Waals surface area contributed by atoms with E-state index in [4.69, 9.17) is 0 Å². The summed E-state index contributed by atoms with van der Waals surface area (Å²) in [5.41, 5.74) is 17.8. The zero-order valence-electron chi connectivity index (χ0n) is 64.9. The van der Waals surface area contributed by atoms with Gasteiger partial charge in [0, 0.05) is 208 Å². The van der Waals surface area contributed by atoms with Gasteiger partial charge < -0.3 is 51.2 Å². The number of piperazine rings is 3. The average molecular weight is 1560 g/mol. The maximum absolute atomic E-state index is 13.0. The summed E-state index contributed by atoms with van der Waals surface area (Å²) in [6, 6.07) is 57.3. The maximum atomic E-state index is 13.0. The molecule has 9 heterocycles. The second kappa shape index (κ2) is 38.8. The van der Waals surface area contributed by atoms with E-state index in [0.717, 1.165) is 143 Å². The normalized spacial score (nSPS) is 14.4. The number of aromatic nitrogens is 9. The molecule has 3 saturated heterocycles. The number of amides is 3. The highest BCUT2D eigenvalue weighted by atomic mass is 32.2. The summed E-state index contributed by atoms with van der Waals surface area (Å²) in [6.07, 6.45) is 15.6. The smallest absolute Gasteiger partial charge is 0.255 e. The molecule has 12 aromatic rings. The number of aryl methyl sites for hydroxylation is 3. The molecular formula is C87H93N21O6S. The van der Waals surface area contributed by atoms with Gasteiger partial charge in [-0.05, 0) is 196 Å². The Bertz CT molecular complexity index is 5160. The summed E-state index contributed by atoms with van der Waals surface area (Å²) in [4.78, 5) is 90.8. The van der Waals surface area contributed by atoms with Gasteiger partial charge >= 0.3 is 0 Å². The molecule has 115 heavy (non-hydrogen) atoms. The van der Waals surface area contributed by atoms with Gasteiger partial charge in [-0.1, -0.05) is 54.6 Å². The number of nitrogens with zero attached hydrogens (tertiary/aromatic N) is 14. The van der Waals surface area contributed by atoms with Crippen LogP contribution in [0.5, 0.6) is 0 Å². The van der Waals surface area contributed by atoms with Crippen LogP contribution in [0.4, 0.5) is 52.0 Å². The third-order valence-electron chi connectivity index (χ3n) is 20.1. The first kappa shape index (κ1) is 80.5. The molecule has 0 saturated carbocycles. The Kier molecular flexibility index (Phi) is 27.2. The molecule has 3 aliphatic rings. The van der Waals surface area contributed by atoms with Gasteiger partial charge in [0.05, 0.1) is 30.2 Å². The van der Waals surface area contributed by atoms with Crippen LogP contribution < -0.4 is 36.8 Å². The first-order valence-corrected chi connectivity index (χ1v) is 39.7. The van der Waals surface area contributed by atoms with Crippen molar-refractivity contribution in [1.29, 1.82) is 0 Å². The lowest BCUT2D eigenvalue weighted by Gasteiger charge is -2.32. The van der Waals surface area contributed by atoms with Crippen LogP contribution in [-0.4, -0.2) is 199 Å². The summed E-state index contributed by atoms with van der Waals surface area (Å²) in [7, 11) is 0.0989. The van der Waals surface area contributed by atoms with Crippen LogP contribution in [0.2, 0.25) is 0 Å². The van der Waals surface area contributed by atoms with E-state index in [1.165, 1.54) is 11.1 Å². The van der Waals surface area contributed by atoms with E-state index in [1.54, 1.807) is 67.9 Å². The molecular weight excluding hydrogens is 1470 g/mol. The van der Waals surface area contributed by atoms with Crippen LogP contribution in [0, 0.1) is 20.8 Å². The van der Waals surface area contributed by atoms with Crippen molar-refractivity contribution < 1.29 is 32.3 Å². The number of anilines is 9. The lowest BCUT2D eigenvalue weighted by molar-refractivity contribution is -0.892. The third-order valence-corrected chi connectivity index (χ3v) is 20.8. The number of carbonyl (C=O) groups is 3. The summed E-state index contributed by atoms with van der Waals surface area (Å²) >= 11 is 0. The van der Waals surface area contributed by atoms with Crippen molar-refractivity contribution in [3.05, 3.63) is 288 Å². The molecule has 0 atom stereocenters. The van der Waals surface area contributed by atoms with Crippen LogP contribution in [-0.2, 0) is 29.8 Å². The highest BCUT2D eigenvalue weighted by Gasteiger charge is 2.23. The van der Waals surface area contributed by atoms with Crippen molar-refractivity contribution >= 4 is 79.8 Å². The van der Waals surface area contributed by atoms with Crippen molar-refractivity contribution in [3.8, 4) is 33.8 Å². The van der Waals surface area contributed by atoms with E-state index in [0.29, 0.717) is 84.3 Å². The SMILES string of the molecule is Cc1ccc(NC(=O)c2ccc(CN3CCN(C)CC3)cc2)cc1Nc1nccc(-c2cccnc2)n1.Cc1ccc(NC(=O)c2ccc(CN3CCN(C)CC3)cc2)cc1Nc1nccc(-c2cccnc2)n1.Cc1ccc(NC(=O)c2ccc(CN3CC[NH+](CS(=O)(=O)[O-])CC3)cc2)cc1Nc1nccc(-c2cccnc2)n1. The minimum atomic E-state index is -4.22. The Labute approximate surface area is 670 Å². The fourth-order valence-electron chi connectivity index (χ4n) is 13.2. The zero-order valence-corrected chi connectivity index (χ0v) is 65.8. The molecule has 3 amide bonds. The van der Waals surface area contributed by atoms with Gasteiger partial charge in [-0.15, -0.1) is 0 Å². The van der Waals surface area contributed by atoms with Gasteiger partial charge in [-0.3, -0.25) is 44.0 Å². The van der Waals surface area contributed by atoms with E-state index < -0.39 is 10.1 Å². The molecule has 0 aliphatic carbocycles. The van der Waals surface area contributed by atoms with Gasteiger partial charge in [0.15, 0.2) is 5.88 Å². The second-order valence-electron chi connectivity index (χ2n) is 28.8. The van der Waals surface area contributed by atoms with Gasteiger partial charge in [0.25, 0.3) is 17.7 Å². The molecule has 15 rings (SSSR count). The van der Waals surface area contributed by atoms with Gasteiger partial charge in [-0.2, -0.15) is 0 Å². The van der Waals surface area contributed by atoms with Crippen molar-refractivity contribution in [1.82, 2.24) is 69.4 Å². The predicted molar refractivity (Wildman–Crippen MR) is 448 cm³/mol. The fourth-order valence-corrected chi connectivity index (χ4v) is 14.0. The molecule has 0 bridgehead atoms. The Balaban J connectivity index is 0.000000151. The molecule has 6 aromatic heterocycles. The molecule has 0 spiro atoms. The van der Waals surface area contributed by atoms with Crippen molar-refractivity contribution in [2.75, 3.05) is 130 Å². The van der Waals surface area contributed by atoms with Gasteiger partial charge in [0.1, 0.15) is 10.1 Å². The molecule has 27 nitrogen and oxygen atoms in total. The van der Waals surface area contributed by atoms with Crippen LogP contribution in [0.1, 0.15) is 64.5 Å². The first-order chi connectivity index (χ1) is 55.8. The van der Waals surface area contributed by atoms with Crippen LogP contribution >= 0.6 is 0 Å². The topological polar surface area (TPSA) is 317 Å². The minimum absolute atomic E-state index is 0.143. The van der Waals surface area contributed by atoms with Crippen LogP contribution in [0.15, 0.2) is 238 Å². The standard InChI is InChI=1S/C29H31N7O4S.2C29H31N7O/c1-21-4-9-25(17-27(21)34-29-31-12-10-26(33-29)24-3-2-11-30-18-24)32-28(37)23-7-5-22(6-8-23)19-35-13-15-36(16-14-35)20-41(38,39)40;2*1-21-5-10-25(18-27(21)34-29-31-13-11-26(33-29)24-4-3-12-30-19-24)32-28(37)23-8-6-22(7-9-23)20-36-16-14-35(2)15-17-36/h2-12,17-18H,13-16,19-20H2,1H3,(H,32,37)(H,31,33,34)(H,38,39,40);2*3-13,18-19H,14-17,20H2,1-2H3,(H,32,37)(H,31,33,34). The number of nitrogens with one attached hydrogen (secondary N) is 7. The van der Waals surface area contributed by atoms with Crippen molar-refractivity contribution in [3.63, 3.8) is 0 Å². The molecule has 7 N–H and O–H groups in total. The van der Waals surface area contributed by atoms with Crippen molar-refractivity contribution in [2.24, 2.45) is 0 Å². The lowest BCUT2D eigenvalue weighted by atomic mass is 10.1. The predicted octanol–water partition coefficient (Wildman–Crippen LogP) is 11.2. The molecule has 6 aromatic carbocycles. The zero-order chi connectivity index (χ0) is 80.1. The summed E-state index contributed by atoms with van der Waals surface area (Å²) in [6.45, 7) is 19.7. The van der Waals surface area contributed by atoms with E-state index in [1.807, 2.05) is 191 Å².